The van der Waals surface area contributed by atoms with Crippen molar-refractivity contribution in [3.8, 4) is 6.07 Å². The first-order valence-electron chi connectivity index (χ1n) is 6.03. The highest BCUT2D eigenvalue weighted by atomic mass is 16.5. The van der Waals surface area contributed by atoms with Gasteiger partial charge in [0.1, 0.15) is 6.04 Å². The zero-order chi connectivity index (χ0) is 13.9. The zero-order valence-electron chi connectivity index (χ0n) is 10.9. The molecule has 100 valence electrons. The monoisotopic (exact) mass is 259 g/mol. The third-order valence-corrected chi connectivity index (χ3v) is 2.60. The molecule has 0 aliphatic carbocycles. The Morgan fingerprint density at radius 3 is 2.79 bits per heavy atom. The van der Waals surface area contributed by atoms with Crippen molar-refractivity contribution in [2.45, 2.75) is 19.1 Å². The van der Waals surface area contributed by atoms with Gasteiger partial charge in [-0.05, 0) is 29.6 Å². The van der Waals surface area contributed by atoms with Crippen LogP contribution >= 0.6 is 0 Å². The van der Waals surface area contributed by atoms with Crippen molar-refractivity contribution < 1.29 is 4.74 Å². The lowest BCUT2D eigenvalue weighted by Gasteiger charge is -2.12. The normalized spacial score (nSPS) is 11.4. The summed E-state index contributed by atoms with van der Waals surface area (Å²) in [5, 5.41) is 15.7. The molecule has 19 heavy (non-hydrogen) atoms. The molecule has 6 nitrogen and oxygen atoms in total. The van der Waals surface area contributed by atoms with Crippen LogP contribution in [-0.2, 0) is 11.3 Å². The second kappa shape index (κ2) is 8.95. The third-order valence-electron chi connectivity index (χ3n) is 2.60. The van der Waals surface area contributed by atoms with Gasteiger partial charge >= 0.3 is 0 Å². The zero-order valence-corrected chi connectivity index (χ0v) is 10.9. The minimum Gasteiger partial charge on any atom is -0.380 e. The topological polar surface area (TPSA) is 93.8 Å². The fourth-order valence-corrected chi connectivity index (χ4v) is 1.65. The maximum Gasteiger partial charge on any atom is 0.121 e. The van der Waals surface area contributed by atoms with Gasteiger partial charge in [0.05, 0.1) is 12.7 Å². The van der Waals surface area contributed by atoms with Crippen molar-refractivity contribution >= 4 is 0 Å². The van der Waals surface area contributed by atoms with Crippen LogP contribution in [0.15, 0.2) is 29.4 Å². The molecule has 0 bridgehead atoms. The standard InChI is InChI=1S/C13H17N5O/c1-19-10-11-3-5-12(6-4-11)13(9-14)16-7-2-8-17-18-15/h3-6,13,16H,2,7-8,10H2,1H3. The van der Waals surface area contributed by atoms with Crippen LogP contribution in [-0.4, -0.2) is 20.2 Å². The SMILES string of the molecule is COCc1ccc(C(C#N)NCCCN=[N+]=[N-])cc1. The molecule has 6 heteroatoms. The number of methoxy groups -OCH3 is 1. The van der Waals surface area contributed by atoms with Gasteiger partial charge in [-0.2, -0.15) is 5.26 Å². The number of ether oxygens (including phenoxy) is 1. The van der Waals surface area contributed by atoms with Crippen LogP contribution in [0.2, 0.25) is 0 Å². The highest BCUT2D eigenvalue weighted by Crippen LogP contribution is 2.13. The molecule has 1 N–H and O–H groups in total. The Morgan fingerprint density at radius 1 is 1.47 bits per heavy atom. The molecule has 0 saturated carbocycles. The molecule has 1 aromatic rings. The van der Waals surface area contributed by atoms with E-state index in [1.54, 1.807) is 7.11 Å². The molecule has 1 aromatic carbocycles. The largest absolute Gasteiger partial charge is 0.380 e. The first kappa shape index (κ1) is 15.0. The predicted molar refractivity (Wildman–Crippen MR) is 72.1 cm³/mol. The van der Waals surface area contributed by atoms with Crippen LogP contribution in [0.3, 0.4) is 0 Å². The molecule has 0 saturated heterocycles. The average Bonchev–Trinajstić information content (AvgIpc) is 2.44. The van der Waals surface area contributed by atoms with Gasteiger partial charge in [-0.1, -0.05) is 29.4 Å². The molecule has 0 fully saturated rings. The number of nitriles is 1. The van der Waals surface area contributed by atoms with Crippen molar-refractivity contribution in [3.63, 3.8) is 0 Å². The molecule has 1 atom stereocenters. The van der Waals surface area contributed by atoms with E-state index < -0.39 is 0 Å². The van der Waals surface area contributed by atoms with Gasteiger partial charge in [-0.25, -0.2) is 0 Å². The van der Waals surface area contributed by atoms with Crippen LogP contribution in [0, 0.1) is 11.3 Å². The molecule has 1 rings (SSSR count). The van der Waals surface area contributed by atoms with Crippen LogP contribution in [0.1, 0.15) is 23.6 Å². The van der Waals surface area contributed by atoms with Gasteiger partial charge in [0.15, 0.2) is 0 Å². The van der Waals surface area contributed by atoms with E-state index in [9.17, 15) is 0 Å². The first-order valence-corrected chi connectivity index (χ1v) is 6.03. The first-order chi connectivity index (χ1) is 9.31. The Morgan fingerprint density at radius 2 is 2.21 bits per heavy atom. The van der Waals surface area contributed by atoms with Crippen molar-refractivity contribution in [3.05, 3.63) is 45.8 Å². The van der Waals surface area contributed by atoms with Gasteiger partial charge in [-0.3, -0.25) is 5.32 Å². The van der Waals surface area contributed by atoms with E-state index in [-0.39, 0.29) is 6.04 Å². The lowest BCUT2D eigenvalue weighted by atomic mass is 10.1. The van der Waals surface area contributed by atoms with E-state index in [2.05, 4.69) is 21.4 Å². The second-order valence-electron chi connectivity index (χ2n) is 4.00. The van der Waals surface area contributed by atoms with Gasteiger partial charge in [0.25, 0.3) is 0 Å². The Bertz CT molecular complexity index is 459. The number of hydrogen-bond donors (Lipinski definition) is 1. The van der Waals surface area contributed by atoms with Crippen molar-refractivity contribution in [1.29, 1.82) is 5.26 Å². The molecular weight excluding hydrogens is 242 g/mol. The molecule has 0 aromatic heterocycles. The summed E-state index contributed by atoms with van der Waals surface area (Å²) >= 11 is 0. The molecular formula is C13H17N5O. The van der Waals surface area contributed by atoms with Crippen molar-refractivity contribution in [2.75, 3.05) is 20.2 Å². The van der Waals surface area contributed by atoms with Gasteiger partial charge < -0.3 is 4.74 Å². The summed E-state index contributed by atoms with van der Waals surface area (Å²) in [6.07, 6.45) is 0.712. The molecule has 0 heterocycles. The summed E-state index contributed by atoms with van der Waals surface area (Å²) in [7, 11) is 1.65. The highest BCUT2D eigenvalue weighted by Gasteiger charge is 2.08. The maximum atomic E-state index is 9.14. The third kappa shape index (κ3) is 5.40. The Balaban J connectivity index is 2.50. The van der Waals surface area contributed by atoms with Crippen LogP contribution in [0.25, 0.3) is 10.4 Å². The Labute approximate surface area is 112 Å². The number of hydrogen-bond acceptors (Lipinski definition) is 4. The van der Waals surface area contributed by atoms with E-state index >= 15 is 0 Å². The van der Waals surface area contributed by atoms with E-state index in [1.807, 2.05) is 24.3 Å². The second-order valence-corrected chi connectivity index (χ2v) is 4.00. The van der Waals surface area contributed by atoms with Crippen LogP contribution < -0.4 is 5.32 Å². The molecule has 1 unspecified atom stereocenters. The maximum absolute atomic E-state index is 9.14. The molecule has 0 amide bonds. The summed E-state index contributed by atoms with van der Waals surface area (Å²) in [6, 6.07) is 9.61. The number of benzene rings is 1. The minimum absolute atomic E-state index is 0.345. The van der Waals surface area contributed by atoms with Gasteiger partial charge in [-0.15, -0.1) is 0 Å². The Hall–Kier alpha value is -2.06. The molecule has 0 radical (unpaired) electrons. The van der Waals surface area contributed by atoms with Crippen molar-refractivity contribution in [2.24, 2.45) is 5.11 Å². The van der Waals surface area contributed by atoms with Crippen molar-refractivity contribution in [1.82, 2.24) is 5.32 Å². The minimum atomic E-state index is -0.345. The number of nitrogens with zero attached hydrogens (tertiary/aromatic N) is 4. The number of azide groups is 1. The summed E-state index contributed by atoms with van der Waals surface area (Å²) in [6.45, 7) is 1.64. The Kier molecular flexibility index (Phi) is 7.06. The molecule has 0 aliphatic heterocycles. The summed E-state index contributed by atoms with van der Waals surface area (Å²) in [4.78, 5) is 2.68. The van der Waals surface area contributed by atoms with E-state index in [4.69, 9.17) is 15.5 Å². The molecule has 0 spiro atoms. The summed E-state index contributed by atoms with van der Waals surface area (Å²) in [5.41, 5.74) is 10.1. The lowest BCUT2D eigenvalue weighted by Crippen LogP contribution is -2.21. The predicted octanol–water partition coefficient (Wildman–Crippen LogP) is 2.69. The highest BCUT2D eigenvalue weighted by molar-refractivity contribution is 5.28. The van der Waals surface area contributed by atoms with Crippen LogP contribution in [0.5, 0.6) is 0 Å². The fourth-order valence-electron chi connectivity index (χ4n) is 1.65. The fraction of sp³-hybridized carbons (Fsp3) is 0.462. The van der Waals surface area contributed by atoms with E-state index in [0.29, 0.717) is 26.1 Å². The van der Waals surface area contributed by atoms with E-state index in [0.717, 1.165) is 11.1 Å². The average molecular weight is 259 g/mol. The summed E-state index contributed by atoms with van der Waals surface area (Å²) < 4.78 is 5.04. The van der Waals surface area contributed by atoms with Gasteiger partial charge in [0.2, 0.25) is 0 Å². The lowest BCUT2D eigenvalue weighted by molar-refractivity contribution is 0.185. The van der Waals surface area contributed by atoms with Gasteiger partial charge in [0, 0.05) is 18.6 Å². The smallest absolute Gasteiger partial charge is 0.121 e. The number of nitrogens with one attached hydrogen (secondary N) is 1. The van der Waals surface area contributed by atoms with Crippen LogP contribution in [0.4, 0.5) is 0 Å². The molecule has 0 aliphatic rings. The quantitative estimate of drug-likeness (QED) is 0.336. The van der Waals surface area contributed by atoms with E-state index in [1.165, 1.54) is 0 Å². The number of rotatable bonds is 8. The summed E-state index contributed by atoms with van der Waals surface area (Å²) in [5.74, 6) is 0.